The highest BCUT2D eigenvalue weighted by molar-refractivity contribution is 6.39. The summed E-state index contributed by atoms with van der Waals surface area (Å²) in [5.41, 5.74) is 2.21. The van der Waals surface area contributed by atoms with Crippen LogP contribution in [0, 0.1) is 35.0 Å². The van der Waals surface area contributed by atoms with Crippen molar-refractivity contribution < 1.29 is 58.2 Å². The fraction of sp³-hybridized carbons (Fsp3) is 0.761. The van der Waals surface area contributed by atoms with Crippen LogP contribution in [0.15, 0.2) is 35.6 Å². The highest BCUT2D eigenvalue weighted by atomic mass is 16.7. The SMILES string of the molecule is C=C(C[C@@H]1/C=C(\C)C[C@H](C)C[C@H](OC)[C@H]2O[C@@](O)(C(=O)C(=O)N3CCCC[C@H]3C(=O)O[C@H](/C(C)=C/[C@@H]3CC[C@@H](O)[C@H](OC)C3)[C@H](C)[C@@H](O)CC1=N)[C@H](C)C[C@@H]2OC)NC(C)=O. The number of Topliss-reactive ketones (excluding diaryl/α,β-unsaturated/α-hetero) is 1. The molecule has 0 aromatic rings. The van der Waals surface area contributed by atoms with Crippen molar-refractivity contribution >= 4 is 29.3 Å². The predicted octanol–water partition coefficient (Wildman–Crippen LogP) is 4.55. The third kappa shape index (κ3) is 12.7. The highest BCUT2D eigenvalue weighted by Crippen LogP contribution is 2.39. The van der Waals surface area contributed by atoms with E-state index in [1.165, 1.54) is 26.0 Å². The highest BCUT2D eigenvalue weighted by Gasteiger charge is 2.56. The van der Waals surface area contributed by atoms with Crippen LogP contribution in [-0.4, -0.2) is 132 Å². The molecule has 15 nitrogen and oxygen atoms in total. The molecular formula is C46H73N3O12. The average Bonchev–Trinajstić information content (AvgIpc) is 3.21. The third-order valence-electron chi connectivity index (χ3n) is 13.3. The topological polar surface area (TPSA) is 214 Å². The lowest BCUT2D eigenvalue weighted by molar-refractivity contribution is -0.302. The molecule has 1 aliphatic carbocycles. The predicted molar refractivity (Wildman–Crippen MR) is 228 cm³/mol. The van der Waals surface area contributed by atoms with Gasteiger partial charge in [-0.05, 0) is 95.5 Å². The number of aliphatic hydroxyl groups excluding tert-OH is 2. The van der Waals surface area contributed by atoms with Gasteiger partial charge in [-0.15, -0.1) is 0 Å². The third-order valence-corrected chi connectivity index (χ3v) is 13.3. The second-order valence-electron chi connectivity index (χ2n) is 18.3. The molecule has 2 amide bonds. The maximum absolute atomic E-state index is 14.4. The van der Waals surface area contributed by atoms with E-state index in [1.807, 2.05) is 32.9 Å². The fourth-order valence-electron chi connectivity index (χ4n) is 9.82. The van der Waals surface area contributed by atoms with Crippen LogP contribution in [0.3, 0.4) is 0 Å². The monoisotopic (exact) mass is 860 g/mol. The number of allylic oxidation sites excluding steroid dienone is 4. The fourth-order valence-corrected chi connectivity index (χ4v) is 9.82. The van der Waals surface area contributed by atoms with E-state index in [2.05, 4.69) is 11.9 Å². The van der Waals surface area contributed by atoms with Crippen molar-refractivity contribution in [2.24, 2.45) is 29.6 Å². The number of carbonyl (C=O) groups is 4. The van der Waals surface area contributed by atoms with Crippen molar-refractivity contribution in [2.45, 2.75) is 167 Å². The molecule has 0 aromatic heterocycles. The van der Waals surface area contributed by atoms with Crippen LogP contribution in [0.25, 0.3) is 0 Å². The van der Waals surface area contributed by atoms with Crippen LogP contribution in [0.4, 0.5) is 0 Å². The quantitative estimate of drug-likeness (QED) is 0.129. The molecule has 2 bridgehead atoms. The summed E-state index contributed by atoms with van der Waals surface area (Å²) in [6.45, 7) is 14.7. The lowest BCUT2D eigenvalue weighted by atomic mass is 9.81. The number of rotatable bonds is 8. The lowest BCUT2D eigenvalue weighted by Crippen LogP contribution is -2.64. The van der Waals surface area contributed by atoms with Crippen molar-refractivity contribution in [3.63, 3.8) is 0 Å². The van der Waals surface area contributed by atoms with Gasteiger partial charge in [-0.2, -0.15) is 0 Å². The number of cyclic esters (lactones) is 1. The summed E-state index contributed by atoms with van der Waals surface area (Å²) in [6, 6.07) is -1.16. The van der Waals surface area contributed by atoms with Gasteiger partial charge in [-0.25, -0.2) is 4.79 Å². The number of hydrogen-bond acceptors (Lipinski definition) is 13. The Balaban J connectivity index is 1.81. The number of esters is 1. The zero-order valence-electron chi connectivity index (χ0n) is 37.8. The summed E-state index contributed by atoms with van der Waals surface area (Å²) >= 11 is 0. The van der Waals surface area contributed by atoms with Crippen LogP contribution in [-0.2, 0) is 42.9 Å². The molecule has 4 aliphatic rings. The molecular weight excluding hydrogens is 787 g/mol. The maximum Gasteiger partial charge on any atom is 0.329 e. The first-order valence-electron chi connectivity index (χ1n) is 22.0. The Morgan fingerprint density at radius 2 is 1.62 bits per heavy atom. The van der Waals surface area contributed by atoms with Crippen molar-refractivity contribution in [1.82, 2.24) is 10.2 Å². The smallest absolute Gasteiger partial charge is 0.329 e. The molecule has 61 heavy (non-hydrogen) atoms. The molecule has 0 aromatic carbocycles. The summed E-state index contributed by atoms with van der Waals surface area (Å²) in [5, 5.41) is 46.5. The molecule has 0 radical (unpaired) electrons. The van der Waals surface area contributed by atoms with E-state index < -0.39 is 83.9 Å². The van der Waals surface area contributed by atoms with Crippen LogP contribution in [0.2, 0.25) is 0 Å². The minimum absolute atomic E-state index is 0.0256. The number of piperidine rings is 1. The molecule has 3 aliphatic heterocycles. The van der Waals surface area contributed by atoms with Gasteiger partial charge in [-0.1, -0.05) is 45.1 Å². The Bertz CT molecular complexity index is 1650. The van der Waals surface area contributed by atoms with Crippen molar-refractivity contribution in [3.8, 4) is 0 Å². The first-order chi connectivity index (χ1) is 28.7. The number of ether oxygens (including phenoxy) is 5. The number of carbonyl (C=O) groups excluding carboxylic acids is 4. The Morgan fingerprint density at radius 3 is 2.26 bits per heavy atom. The van der Waals surface area contributed by atoms with Gasteiger partial charge in [0.2, 0.25) is 11.7 Å². The van der Waals surface area contributed by atoms with Gasteiger partial charge < -0.3 is 54.6 Å². The number of nitrogens with zero attached hydrogens (tertiary/aromatic N) is 1. The summed E-state index contributed by atoms with van der Waals surface area (Å²) in [6.07, 6.45) is 3.01. The van der Waals surface area contributed by atoms with E-state index in [9.17, 15) is 39.9 Å². The van der Waals surface area contributed by atoms with Gasteiger partial charge in [0.1, 0.15) is 18.2 Å². The van der Waals surface area contributed by atoms with Crippen molar-refractivity contribution in [3.05, 3.63) is 35.6 Å². The van der Waals surface area contributed by atoms with Gasteiger partial charge in [0.15, 0.2) is 0 Å². The average molecular weight is 860 g/mol. The molecule has 1 saturated carbocycles. The number of hydrogen-bond donors (Lipinski definition) is 5. The Hall–Kier alpha value is -3.31. The minimum Gasteiger partial charge on any atom is -0.456 e. The van der Waals surface area contributed by atoms with Crippen LogP contribution < -0.4 is 5.32 Å². The summed E-state index contributed by atoms with van der Waals surface area (Å²) < 4.78 is 29.9. The molecule has 4 rings (SSSR count). The van der Waals surface area contributed by atoms with E-state index in [4.69, 9.17) is 23.7 Å². The molecule has 15 heteroatoms. The molecule has 14 atom stereocenters. The second-order valence-corrected chi connectivity index (χ2v) is 18.3. The van der Waals surface area contributed by atoms with Crippen LogP contribution in [0.5, 0.6) is 0 Å². The summed E-state index contributed by atoms with van der Waals surface area (Å²) in [4.78, 5) is 56.1. The minimum atomic E-state index is -2.53. The van der Waals surface area contributed by atoms with Crippen LogP contribution >= 0.6 is 0 Å². The van der Waals surface area contributed by atoms with E-state index in [0.717, 1.165) is 5.57 Å². The molecule has 5 N–H and O–H groups in total. The van der Waals surface area contributed by atoms with Gasteiger partial charge in [-0.3, -0.25) is 14.4 Å². The van der Waals surface area contributed by atoms with E-state index in [0.29, 0.717) is 56.2 Å². The largest absolute Gasteiger partial charge is 0.456 e. The zero-order chi connectivity index (χ0) is 45.3. The molecule has 3 heterocycles. The number of ketones is 1. The Kier molecular flexibility index (Phi) is 18.4. The molecule has 3 fully saturated rings. The first kappa shape index (κ1) is 50.3. The van der Waals surface area contributed by atoms with E-state index in [1.54, 1.807) is 21.0 Å². The first-order valence-corrected chi connectivity index (χ1v) is 22.0. The molecule has 0 spiro atoms. The number of fused-ring (bicyclic) bond motifs is 3. The Labute approximate surface area is 362 Å². The lowest BCUT2D eigenvalue weighted by Gasteiger charge is -2.47. The maximum atomic E-state index is 14.4. The number of methoxy groups -OCH3 is 3. The van der Waals surface area contributed by atoms with E-state index >= 15 is 0 Å². The van der Waals surface area contributed by atoms with Crippen LogP contribution in [0.1, 0.15) is 112 Å². The Morgan fingerprint density at radius 1 is 0.967 bits per heavy atom. The van der Waals surface area contributed by atoms with Gasteiger partial charge in [0.05, 0.1) is 30.5 Å². The zero-order valence-corrected chi connectivity index (χ0v) is 37.8. The summed E-state index contributed by atoms with van der Waals surface area (Å²) in [5.74, 6) is -7.99. The summed E-state index contributed by atoms with van der Waals surface area (Å²) in [7, 11) is 4.59. The number of amides is 2. The van der Waals surface area contributed by atoms with Gasteiger partial charge in [0, 0.05) is 70.4 Å². The molecule has 0 unspecified atom stereocenters. The number of nitrogens with one attached hydrogen (secondary N) is 2. The van der Waals surface area contributed by atoms with Crippen molar-refractivity contribution in [2.75, 3.05) is 27.9 Å². The van der Waals surface area contributed by atoms with E-state index in [-0.39, 0.29) is 61.8 Å². The molecule has 2 saturated heterocycles. The van der Waals surface area contributed by atoms with Gasteiger partial charge in [0.25, 0.3) is 11.7 Å². The normalized spacial score (nSPS) is 39.0. The van der Waals surface area contributed by atoms with Crippen molar-refractivity contribution in [1.29, 1.82) is 5.41 Å². The standard InChI is InChI=1S/C46H73N3O12/c1-25-17-26(2)19-39(58-9)42-40(59-10)21-28(4)46(56,61-42)43(53)44(54)49-16-12-11-13-35(49)45(55)60-41(27(3)20-32-14-15-36(51)38(23-32)57-8)30(6)37(52)24-34(47)33(18-25)22-29(5)48-31(7)50/h18,20,26,28,30,32-33,35-42,47,51-52,56H,5,11-17,19,21-24H2,1-4,6-10H3,(H,48,50)/b25-18+,27-20+,47-34?/t26-,28+,30+,32-,33-,35-,36+,37-,38+,39-,40-,41+,42+,46+/m0/s1. The number of aliphatic hydroxyl groups is 3. The van der Waals surface area contributed by atoms with Gasteiger partial charge >= 0.3 is 5.97 Å². The second kappa shape index (κ2) is 22.4. The molecule has 344 valence electrons.